The van der Waals surface area contributed by atoms with Crippen molar-refractivity contribution in [1.82, 2.24) is 10.5 Å². The topological polar surface area (TPSA) is 67.2 Å². The molecule has 88 valence electrons. The highest BCUT2D eigenvalue weighted by atomic mass is 16.5. The second-order valence-electron chi connectivity index (χ2n) is 3.48. The van der Waals surface area contributed by atoms with Crippen LogP contribution in [-0.4, -0.2) is 17.6 Å². The van der Waals surface area contributed by atoms with E-state index in [2.05, 4.69) is 15.8 Å². The van der Waals surface area contributed by atoms with Gasteiger partial charge < -0.3 is 15.2 Å². The van der Waals surface area contributed by atoms with E-state index in [0.717, 1.165) is 5.69 Å². The maximum absolute atomic E-state index is 11.5. The van der Waals surface area contributed by atoms with E-state index in [1.54, 1.807) is 12.3 Å². The van der Waals surface area contributed by atoms with Crippen molar-refractivity contribution in [3.63, 3.8) is 0 Å². The molecule has 2 rings (SSSR count). The SMILES string of the molecule is O=C(CNc1ccccc1)NCc1ccno1. The summed E-state index contributed by atoms with van der Waals surface area (Å²) in [6.07, 6.45) is 1.55. The lowest BCUT2D eigenvalue weighted by atomic mass is 10.3. The number of carbonyl (C=O) groups is 1. The van der Waals surface area contributed by atoms with Crippen molar-refractivity contribution in [2.45, 2.75) is 6.54 Å². The van der Waals surface area contributed by atoms with Gasteiger partial charge in [0, 0.05) is 11.8 Å². The van der Waals surface area contributed by atoms with E-state index in [1.165, 1.54) is 0 Å². The molecule has 0 bridgehead atoms. The Balaban J connectivity index is 1.71. The van der Waals surface area contributed by atoms with Gasteiger partial charge in [-0.15, -0.1) is 0 Å². The summed E-state index contributed by atoms with van der Waals surface area (Å²) in [5.41, 5.74) is 0.919. The first-order valence-corrected chi connectivity index (χ1v) is 5.30. The fourth-order valence-corrected chi connectivity index (χ4v) is 1.32. The Bertz CT molecular complexity index is 454. The monoisotopic (exact) mass is 231 g/mol. The van der Waals surface area contributed by atoms with Crippen LogP contribution < -0.4 is 10.6 Å². The molecule has 1 heterocycles. The number of amides is 1. The summed E-state index contributed by atoms with van der Waals surface area (Å²) < 4.78 is 4.86. The molecule has 17 heavy (non-hydrogen) atoms. The molecule has 1 aromatic heterocycles. The van der Waals surface area contributed by atoms with Gasteiger partial charge >= 0.3 is 0 Å². The summed E-state index contributed by atoms with van der Waals surface area (Å²) in [6.45, 7) is 0.591. The van der Waals surface area contributed by atoms with E-state index in [0.29, 0.717) is 12.3 Å². The summed E-state index contributed by atoms with van der Waals surface area (Å²) in [6, 6.07) is 11.3. The molecule has 0 aliphatic rings. The minimum Gasteiger partial charge on any atom is -0.376 e. The van der Waals surface area contributed by atoms with Gasteiger partial charge in [0.05, 0.1) is 19.3 Å². The number of carbonyl (C=O) groups excluding carboxylic acids is 1. The fourth-order valence-electron chi connectivity index (χ4n) is 1.32. The largest absolute Gasteiger partial charge is 0.376 e. The summed E-state index contributed by atoms with van der Waals surface area (Å²) in [5.74, 6) is 0.545. The molecular formula is C12H13N3O2. The maximum Gasteiger partial charge on any atom is 0.239 e. The Labute approximate surface area is 98.8 Å². The number of rotatable bonds is 5. The molecule has 0 atom stereocenters. The Kier molecular flexibility index (Phi) is 3.75. The first kappa shape index (κ1) is 11.2. The predicted molar refractivity (Wildman–Crippen MR) is 63.3 cm³/mol. The minimum absolute atomic E-state index is 0.0924. The van der Waals surface area contributed by atoms with Gasteiger partial charge in [0.1, 0.15) is 0 Å². The standard InChI is InChI=1S/C12H13N3O2/c16-12(14-8-11-6-7-15-17-11)9-13-10-4-2-1-3-5-10/h1-7,13H,8-9H2,(H,14,16). The zero-order valence-electron chi connectivity index (χ0n) is 9.22. The Hall–Kier alpha value is -2.30. The van der Waals surface area contributed by atoms with Crippen molar-refractivity contribution in [1.29, 1.82) is 0 Å². The second kappa shape index (κ2) is 5.69. The van der Waals surface area contributed by atoms with E-state index in [1.807, 2.05) is 30.3 Å². The Morgan fingerprint density at radius 2 is 2.06 bits per heavy atom. The van der Waals surface area contributed by atoms with E-state index in [4.69, 9.17) is 4.52 Å². The van der Waals surface area contributed by atoms with Crippen molar-refractivity contribution in [3.8, 4) is 0 Å². The molecule has 0 aliphatic carbocycles. The number of nitrogens with one attached hydrogen (secondary N) is 2. The molecule has 1 amide bonds. The van der Waals surface area contributed by atoms with Crippen LogP contribution >= 0.6 is 0 Å². The molecule has 1 aromatic carbocycles. The van der Waals surface area contributed by atoms with Crippen LogP contribution in [0.5, 0.6) is 0 Å². The molecule has 0 saturated heterocycles. The third-order valence-electron chi connectivity index (χ3n) is 2.18. The Morgan fingerprint density at radius 3 is 2.76 bits per heavy atom. The van der Waals surface area contributed by atoms with Crippen molar-refractivity contribution in [2.75, 3.05) is 11.9 Å². The van der Waals surface area contributed by atoms with Gasteiger partial charge in [-0.2, -0.15) is 0 Å². The molecular weight excluding hydrogens is 218 g/mol. The fraction of sp³-hybridized carbons (Fsp3) is 0.167. The molecule has 2 N–H and O–H groups in total. The number of anilines is 1. The summed E-state index contributed by atoms with van der Waals surface area (Å²) >= 11 is 0. The van der Waals surface area contributed by atoms with E-state index in [9.17, 15) is 4.79 Å². The zero-order valence-corrected chi connectivity index (χ0v) is 9.22. The number of hydrogen-bond donors (Lipinski definition) is 2. The molecule has 0 unspecified atom stereocenters. The van der Waals surface area contributed by atoms with Crippen LogP contribution in [-0.2, 0) is 11.3 Å². The molecule has 0 fully saturated rings. The molecule has 2 aromatic rings. The van der Waals surface area contributed by atoms with Crippen LogP contribution in [0.15, 0.2) is 47.1 Å². The second-order valence-corrected chi connectivity index (χ2v) is 3.48. The third kappa shape index (κ3) is 3.64. The van der Waals surface area contributed by atoms with E-state index < -0.39 is 0 Å². The van der Waals surface area contributed by atoms with Crippen LogP contribution in [0.1, 0.15) is 5.76 Å². The normalized spacial score (nSPS) is 9.88. The number of hydrogen-bond acceptors (Lipinski definition) is 4. The van der Waals surface area contributed by atoms with E-state index >= 15 is 0 Å². The molecule has 0 spiro atoms. The highest BCUT2D eigenvalue weighted by Gasteiger charge is 2.02. The van der Waals surface area contributed by atoms with Crippen molar-refractivity contribution in [3.05, 3.63) is 48.4 Å². The van der Waals surface area contributed by atoms with Crippen LogP contribution in [0, 0.1) is 0 Å². The number of nitrogens with zero attached hydrogens (tertiary/aromatic N) is 1. The molecule has 5 nitrogen and oxygen atoms in total. The van der Waals surface area contributed by atoms with Crippen LogP contribution in [0.25, 0.3) is 0 Å². The van der Waals surface area contributed by atoms with Gasteiger partial charge in [0.15, 0.2) is 5.76 Å². The lowest BCUT2D eigenvalue weighted by Crippen LogP contribution is -2.29. The quantitative estimate of drug-likeness (QED) is 0.816. The maximum atomic E-state index is 11.5. The summed E-state index contributed by atoms with van der Waals surface area (Å²) in [4.78, 5) is 11.5. The average molecular weight is 231 g/mol. The lowest BCUT2D eigenvalue weighted by Gasteiger charge is -2.06. The van der Waals surface area contributed by atoms with Gasteiger partial charge in [-0.25, -0.2) is 0 Å². The highest BCUT2D eigenvalue weighted by Crippen LogP contribution is 2.03. The van der Waals surface area contributed by atoms with Gasteiger partial charge in [0.25, 0.3) is 0 Å². The smallest absolute Gasteiger partial charge is 0.239 e. The number of benzene rings is 1. The molecule has 0 saturated carbocycles. The van der Waals surface area contributed by atoms with Gasteiger partial charge in [-0.1, -0.05) is 23.4 Å². The minimum atomic E-state index is -0.0924. The van der Waals surface area contributed by atoms with Crippen molar-refractivity contribution < 1.29 is 9.32 Å². The van der Waals surface area contributed by atoms with Crippen LogP contribution in [0.4, 0.5) is 5.69 Å². The molecule has 5 heteroatoms. The first-order valence-electron chi connectivity index (χ1n) is 5.30. The summed E-state index contributed by atoms with van der Waals surface area (Å²) in [5, 5.41) is 9.29. The van der Waals surface area contributed by atoms with Crippen LogP contribution in [0.2, 0.25) is 0 Å². The van der Waals surface area contributed by atoms with Gasteiger partial charge in [-0.3, -0.25) is 4.79 Å². The molecule has 0 aliphatic heterocycles. The lowest BCUT2D eigenvalue weighted by molar-refractivity contribution is -0.119. The van der Waals surface area contributed by atoms with Gasteiger partial charge in [0.2, 0.25) is 5.91 Å². The average Bonchev–Trinajstić information content (AvgIpc) is 2.88. The first-order chi connectivity index (χ1) is 8.34. The van der Waals surface area contributed by atoms with E-state index in [-0.39, 0.29) is 12.5 Å². The van der Waals surface area contributed by atoms with Crippen LogP contribution in [0.3, 0.4) is 0 Å². The highest BCUT2D eigenvalue weighted by molar-refractivity contribution is 5.80. The number of para-hydroxylation sites is 1. The Morgan fingerprint density at radius 1 is 1.24 bits per heavy atom. The predicted octanol–water partition coefficient (Wildman–Crippen LogP) is 1.40. The number of aromatic nitrogens is 1. The zero-order chi connectivity index (χ0) is 11.9. The molecule has 0 radical (unpaired) electrons. The van der Waals surface area contributed by atoms with Crippen molar-refractivity contribution in [2.24, 2.45) is 0 Å². The van der Waals surface area contributed by atoms with Crippen molar-refractivity contribution >= 4 is 11.6 Å². The van der Waals surface area contributed by atoms with Gasteiger partial charge in [-0.05, 0) is 12.1 Å². The summed E-state index contributed by atoms with van der Waals surface area (Å²) in [7, 11) is 0. The third-order valence-corrected chi connectivity index (χ3v) is 2.18.